The third kappa shape index (κ3) is 2.51. The molecule has 2 aliphatic rings. The minimum atomic E-state index is -3.44. The summed E-state index contributed by atoms with van der Waals surface area (Å²) in [6.07, 6.45) is 1.45. The van der Waals surface area contributed by atoms with Crippen LogP contribution in [0.1, 0.15) is 18.4 Å². The Morgan fingerprint density at radius 3 is 2.71 bits per heavy atom. The van der Waals surface area contributed by atoms with E-state index in [1.165, 1.54) is 17.5 Å². The second kappa shape index (κ2) is 5.31. The Balaban J connectivity index is 1.87. The van der Waals surface area contributed by atoms with Crippen molar-refractivity contribution < 1.29 is 22.7 Å². The average Bonchev–Trinajstić information content (AvgIpc) is 3.14. The van der Waals surface area contributed by atoms with Gasteiger partial charge in [0.2, 0.25) is 10.0 Å². The molecule has 0 saturated carbocycles. The third-order valence-corrected chi connectivity index (χ3v) is 5.77. The molecule has 3 rings (SSSR count). The van der Waals surface area contributed by atoms with Crippen LogP contribution >= 0.6 is 0 Å². The summed E-state index contributed by atoms with van der Waals surface area (Å²) in [6, 6.07) is 4.75. The molecule has 0 spiro atoms. The van der Waals surface area contributed by atoms with Crippen LogP contribution < -0.4 is 4.74 Å². The quantitative estimate of drug-likeness (QED) is 0.777. The van der Waals surface area contributed by atoms with Crippen LogP contribution in [-0.4, -0.2) is 45.0 Å². The molecule has 0 aromatic heterocycles. The maximum atomic E-state index is 12.5. The van der Waals surface area contributed by atoms with Crippen molar-refractivity contribution >= 4 is 16.0 Å². The van der Waals surface area contributed by atoms with Gasteiger partial charge in [0.25, 0.3) is 0 Å². The van der Waals surface area contributed by atoms with Crippen molar-refractivity contribution in [2.75, 3.05) is 20.2 Å². The van der Waals surface area contributed by atoms with Crippen molar-refractivity contribution in [2.24, 2.45) is 0 Å². The van der Waals surface area contributed by atoms with E-state index in [9.17, 15) is 13.2 Å². The molecule has 0 N–H and O–H groups in total. The zero-order chi connectivity index (χ0) is 15.0. The van der Waals surface area contributed by atoms with Crippen LogP contribution in [0.25, 0.3) is 0 Å². The van der Waals surface area contributed by atoms with E-state index in [2.05, 4.69) is 4.74 Å². The van der Waals surface area contributed by atoms with E-state index < -0.39 is 22.1 Å². The normalized spacial score (nSPS) is 21.9. The van der Waals surface area contributed by atoms with Crippen molar-refractivity contribution in [3.05, 3.63) is 23.8 Å². The second-order valence-electron chi connectivity index (χ2n) is 5.21. The highest BCUT2D eigenvalue weighted by atomic mass is 32.2. The first-order valence-electron chi connectivity index (χ1n) is 6.90. The number of fused-ring (bicyclic) bond motifs is 1. The van der Waals surface area contributed by atoms with Gasteiger partial charge in [-0.15, -0.1) is 0 Å². The number of benzene rings is 1. The first-order valence-corrected chi connectivity index (χ1v) is 8.34. The molecule has 1 atom stereocenters. The highest BCUT2D eigenvalue weighted by molar-refractivity contribution is 7.89. The zero-order valence-electron chi connectivity index (χ0n) is 11.7. The molecule has 2 aliphatic heterocycles. The predicted molar refractivity (Wildman–Crippen MR) is 74.6 cm³/mol. The molecule has 1 saturated heterocycles. The lowest BCUT2D eigenvalue weighted by Gasteiger charge is -2.15. The minimum Gasteiger partial charge on any atom is -0.478 e. The fourth-order valence-electron chi connectivity index (χ4n) is 2.73. The lowest BCUT2D eigenvalue weighted by Crippen LogP contribution is -2.27. The lowest BCUT2D eigenvalue weighted by molar-refractivity contribution is -0.147. The van der Waals surface area contributed by atoms with Crippen molar-refractivity contribution in [1.82, 2.24) is 4.31 Å². The maximum absolute atomic E-state index is 12.5. The number of carbonyl (C=O) groups is 1. The summed E-state index contributed by atoms with van der Waals surface area (Å²) in [6.45, 7) is 1.14. The van der Waals surface area contributed by atoms with E-state index >= 15 is 0 Å². The predicted octanol–water partition coefficient (Wildman–Crippen LogP) is 0.948. The average molecular weight is 311 g/mol. The van der Waals surface area contributed by atoms with Gasteiger partial charge in [-0.25, -0.2) is 13.2 Å². The molecule has 0 radical (unpaired) electrons. The van der Waals surface area contributed by atoms with Gasteiger partial charge in [0, 0.05) is 19.5 Å². The fraction of sp³-hybridized carbons (Fsp3) is 0.500. The molecule has 0 bridgehead atoms. The number of sulfonamides is 1. The standard InChI is InChI=1S/C14H17NO5S/c1-19-14(16)13-9-10-8-11(4-5-12(10)20-13)21(17,18)15-6-2-3-7-15/h4-5,8,13H,2-3,6-7,9H2,1H3. The second-order valence-corrected chi connectivity index (χ2v) is 7.15. The van der Waals surface area contributed by atoms with Crippen LogP contribution in [0, 0.1) is 0 Å². The molecule has 1 aromatic rings. The molecule has 1 unspecified atom stereocenters. The van der Waals surface area contributed by atoms with Crippen molar-refractivity contribution in [2.45, 2.75) is 30.3 Å². The summed E-state index contributed by atoms with van der Waals surface area (Å²) >= 11 is 0. The number of hydrogen-bond acceptors (Lipinski definition) is 5. The number of ether oxygens (including phenoxy) is 2. The number of carbonyl (C=O) groups excluding carboxylic acids is 1. The highest BCUT2D eigenvalue weighted by Gasteiger charge is 2.33. The molecular formula is C14H17NO5S. The Hall–Kier alpha value is -1.60. The minimum absolute atomic E-state index is 0.261. The first kappa shape index (κ1) is 14.3. The topological polar surface area (TPSA) is 72.9 Å². The molecule has 7 heteroatoms. The summed E-state index contributed by atoms with van der Waals surface area (Å²) in [5.74, 6) is 0.0981. The van der Waals surface area contributed by atoms with E-state index in [0.29, 0.717) is 25.3 Å². The van der Waals surface area contributed by atoms with Gasteiger partial charge in [0.1, 0.15) is 5.75 Å². The number of hydrogen-bond donors (Lipinski definition) is 0. The molecule has 6 nitrogen and oxygen atoms in total. The van der Waals surface area contributed by atoms with E-state index in [1.807, 2.05) is 0 Å². The Labute approximate surface area is 123 Å². The number of esters is 1. The SMILES string of the molecule is COC(=O)C1Cc2cc(S(=O)(=O)N3CCCC3)ccc2O1. The van der Waals surface area contributed by atoms with Crippen LogP contribution in [0.2, 0.25) is 0 Å². The van der Waals surface area contributed by atoms with Crippen LogP contribution in [0.3, 0.4) is 0 Å². The summed E-state index contributed by atoms with van der Waals surface area (Å²) in [5, 5.41) is 0. The van der Waals surface area contributed by atoms with Crippen molar-refractivity contribution in [3.63, 3.8) is 0 Å². The van der Waals surface area contributed by atoms with E-state index in [1.54, 1.807) is 12.1 Å². The number of methoxy groups -OCH3 is 1. The van der Waals surface area contributed by atoms with Gasteiger partial charge in [0.15, 0.2) is 6.10 Å². The molecule has 21 heavy (non-hydrogen) atoms. The van der Waals surface area contributed by atoms with Gasteiger partial charge in [-0.1, -0.05) is 0 Å². The summed E-state index contributed by atoms with van der Waals surface area (Å²) < 4.78 is 36.6. The molecule has 1 aromatic carbocycles. The van der Waals surface area contributed by atoms with Crippen LogP contribution in [0.4, 0.5) is 0 Å². The Morgan fingerprint density at radius 1 is 1.33 bits per heavy atom. The summed E-state index contributed by atoms with van der Waals surface area (Å²) in [5.41, 5.74) is 0.727. The van der Waals surface area contributed by atoms with Crippen molar-refractivity contribution in [1.29, 1.82) is 0 Å². The van der Waals surface area contributed by atoms with Gasteiger partial charge >= 0.3 is 5.97 Å². The van der Waals surface area contributed by atoms with Gasteiger partial charge in [0.05, 0.1) is 12.0 Å². The molecule has 114 valence electrons. The van der Waals surface area contributed by atoms with E-state index in [0.717, 1.165) is 18.4 Å². The summed E-state index contributed by atoms with van der Waals surface area (Å²) in [4.78, 5) is 11.8. The molecule has 1 fully saturated rings. The van der Waals surface area contributed by atoms with Gasteiger partial charge < -0.3 is 9.47 Å². The van der Waals surface area contributed by atoms with Gasteiger partial charge in [-0.3, -0.25) is 0 Å². The Morgan fingerprint density at radius 2 is 2.05 bits per heavy atom. The van der Waals surface area contributed by atoms with Gasteiger partial charge in [-0.05, 0) is 36.6 Å². The van der Waals surface area contributed by atoms with Crippen LogP contribution in [0.15, 0.2) is 23.1 Å². The molecule has 0 aliphatic carbocycles. The monoisotopic (exact) mass is 311 g/mol. The molecule has 0 amide bonds. The summed E-state index contributed by atoms with van der Waals surface area (Å²) in [7, 11) is -2.14. The van der Waals surface area contributed by atoms with E-state index in [4.69, 9.17) is 4.74 Å². The van der Waals surface area contributed by atoms with Crippen molar-refractivity contribution in [3.8, 4) is 5.75 Å². The number of nitrogens with zero attached hydrogens (tertiary/aromatic N) is 1. The first-order chi connectivity index (χ1) is 10.0. The Kier molecular flexibility index (Phi) is 3.62. The zero-order valence-corrected chi connectivity index (χ0v) is 12.6. The Bertz CT molecular complexity index is 664. The molecule has 2 heterocycles. The van der Waals surface area contributed by atoms with Crippen LogP contribution in [-0.2, 0) is 26.0 Å². The van der Waals surface area contributed by atoms with Crippen LogP contribution in [0.5, 0.6) is 5.75 Å². The number of rotatable bonds is 3. The fourth-order valence-corrected chi connectivity index (χ4v) is 4.29. The maximum Gasteiger partial charge on any atom is 0.347 e. The van der Waals surface area contributed by atoms with Gasteiger partial charge in [-0.2, -0.15) is 4.31 Å². The lowest BCUT2D eigenvalue weighted by atomic mass is 10.1. The third-order valence-electron chi connectivity index (χ3n) is 3.87. The largest absolute Gasteiger partial charge is 0.478 e. The van der Waals surface area contributed by atoms with E-state index in [-0.39, 0.29) is 4.90 Å². The molecular weight excluding hydrogens is 294 g/mol. The smallest absolute Gasteiger partial charge is 0.347 e. The highest BCUT2D eigenvalue weighted by Crippen LogP contribution is 2.32.